The van der Waals surface area contributed by atoms with E-state index in [2.05, 4.69) is 20.6 Å². The summed E-state index contributed by atoms with van der Waals surface area (Å²) in [6.45, 7) is 2.03. The minimum absolute atomic E-state index is 0.135. The number of anilines is 2. The van der Waals surface area contributed by atoms with E-state index in [9.17, 15) is 9.59 Å². The van der Waals surface area contributed by atoms with E-state index < -0.39 is 11.8 Å². The van der Waals surface area contributed by atoms with Gasteiger partial charge in [-0.15, -0.1) is 0 Å². The SMILES string of the molecule is COCc1nc2c(C(=O)Nc3cccc(Cl)c3C)cc(NC(=O)c3c(Cl)cccc3Cl)cc2[nH]1. The Bertz CT molecular complexity index is 1400. The first-order valence-electron chi connectivity index (χ1n) is 10.1. The molecule has 174 valence electrons. The molecule has 0 saturated heterocycles. The number of rotatable bonds is 6. The molecule has 4 aromatic rings. The summed E-state index contributed by atoms with van der Waals surface area (Å²) in [5.74, 6) is -0.399. The van der Waals surface area contributed by atoms with Crippen LogP contribution in [-0.4, -0.2) is 28.9 Å². The van der Waals surface area contributed by atoms with E-state index in [1.807, 2.05) is 6.92 Å². The maximum atomic E-state index is 13.3. The molecule has 0 bridgehead atoms. The number of methoxy groups -OCH3 is 1. The molecule has 34 heavy (non-hydrogen) atoms. The van der Waals surface area contributed by atoms with E-state index in [0.717, 1.165) is 5.56 Å². The zero-order valence-corrected chi connectivity index (χ0v) is 20.4. The molecular formula is C24H19Cl3N4O3. The van der Waals surface area contributed by atoms with Gasteiger partial charge in [-0.2, -0.15) is 0 Å². The second-order valence-corrected chi connectivity index (χ2v) is 8.68. The smallest absolute Gasteiger partial charge is 0.258 e. The Labute approximate surface area is 210 Å². The monoisotopic (exact) mass is 516 g/mol. The molecule has 2 amide bonds. The molecule has 0 spiro atoms. The summed E-state index contributed by atoms with van der Waals surface area (Å²) < 4.78 is 5.15. The van der Waals surface area contributed by atoms with Crippen molar-refractivity contribution in [3.8, 4) is 0 Å². The van der Waals surface area contributed by atoms with Gasteiger partial charge >= 0.3 is 0 Å². The predicted molar refractivity (Wildman–Crippen MR) is 135 cm³/mol. The van der Waals surface area contributed by atoms with Crippen LogP contribution in [0.5, 0.6) is 0 Å². The molecule has 0 fully saturated rings. The molecule has 4 rings (SSSR count). The fourth-order valence-corrected chi connectivity index (χ4v) is 4.20. The number of aromatic nitrogens is 2. The van der Waals surface area contributed by atoms with Gasteiger partial charge < -0.3 is 20.4 Å². The molecule has 0 atom stereocenters. The standard InChI is InChI=1S/C24H19Cl3N4O3/c1-12-15(25)5-4-8-18(12)30-23(32)14-9-13(10-19-22(14)31-20(29-19)11-34-2)28-24(33)21-16(26)6-3-7-17(21)27/h3-10H,11H2,1-2H3,(H,28,33)(H,29,31)(H,30,32). The van der Waals surface area contributed by atoms with Crippen molar-refractivity contribution in [2.45, 2.75) is 13.5 Å². The quantitative estimate of drug-likeness (QED) is 0.273. The van der Waals surface area contributed by atoms with Crippen molar-refractivity contribution >= 4 is 69.0 Å². The van der Waals surface area contributed by atoms with E-state index in [-0.39, 0.29) is 27.8 Å². The van der Waals surface area contributed by atoms with Gasteiger partial charge in [-0.3, -0.25) is 9.59 Å². The van der Waals surface area contributed by atoms with Crippen LogP contribution >= 0.6 is 34.8 Å². The lowest BCUT2D eigenvalue weighted by molar-refractivity contribution is 0.101. The van der Waals surface area contributed by atoms with Gasteiger partial charge in [0.05, 0.1) is 26.7 Å². The normalized spacial score (nSPS) is 11.0. The molecule has 0 aliphatic heterocycles. The first kappa shape index (κ1) is 24.0. The van der Waals surface area contributed by atoms with Crippen molar-refractivity contribution < 1.29 is 14.3 Å². The van der Waals surface area contributed by atoms with E-state index >= 15 is 0 Å². The highest BCUT2D eigenvalue weighted by Crippen LogP contribution is 2.29. The maximum absolute atomic E-state index is 13.3. The molecule has 3 aromatic carbocycles. The van der Waals surface area contributed by atoms with E-state index in [1.54, 1.807) is 49.6 Å². The van der Waals surface area contributed by atoms with Gasteiger partial charge in [0.2, 0.25) is 0 Å². The second-order valence-electron chi connectivity index (χ2n) is 7.45. The van der Waals surface area contributed by atoms with Crippen LogP contribution in [0, 0.1) is 6.92 Å². The van der Waals surface area contributed by atoms with E-state index in [4.69, 9.17) is 39.5 Å². The Morgan fingerprint density at radius 2 is 1.65 bits per heavy atom. The molecule has 0 saturated carbocycles. The predicted octanol–water partition coefficient (Wildman–Crippen LogP) is 6.48. The first-order valence-corrected chi connectivity index (χ1v) is 11.2. The third-order valence-corrected chi connectivity index (χ3v) is 6.16. The minimum atomic E-state index is -0.511. The summed E-state index contributed by atoms with van der Waals surface area (Å²) in [6.07, 6.45) is 0. The maximum Gasteiger partial charge on any atom is 0.258 e. The topological polar surface area (TPSA) is 96.1 Å². The number of nitrogens with one attached hydrogen (secondary N) is 3. The highest BCUT2D eigenvalue weighted by molar-refractivity contribution is 6.40. The number of aromatic amines is 1. The van der Waals surface area contributed by atoms with Gasteiger partial charge in [0.15, 0.2) is 0 Å². The lowest BCUT2D eigenvalue weighted by Crippen LogP contribution is -2.16. The fraction of sp³-hybridized carbons (Fsp3) is 0.125. The molecule has 1 aromatic heterocycles. The van der Waals surface area contributed by atoms with Gasteiger partial charge in [0, 0.05) is 23.5 Å². The van der Waals surface area contributed by atoms with Crippen molar-refractivity contribution in [3.63, 3.8) is 0 Å². The number of halogens is 3. The molecule has 7 nitrogen and oxygen atoms in total. The largest absolute Gasteiger partial charge is 0.377 e. The number of nitrogens with zero attached hydrogens (tertiary/aromatic N) is 1. The summed E-state index contributed by atoms with van der Waals surface area (Å²) in [5, 5.41) is 6.59. The molecule has 0 aliphatic carbocycles. The first-order chi connectivity index (χ1) is 16.3. The van der Waals surface area contributed by atoms with Crippen molar-refractivity contribution in [1.29, 1.82) is 0 Å². The van der Waals surface area contributed by atoms with Crippen LogP contribution < -0.4 is 10.6 Å². The summed E-state index contributed by atoms with van der Waals surface area (Å²) in [5.41, 5.74) is 3.01. The number of benzene rings is 3. The van der Waals surface area contributed by atoms with Crippen LogP contribution in [0.4, 0.5) is 11.4 Å². The average molecular weight is 518 g/mol. The van der Waals surface area contributed by atoms with Crippen molar-refractivity contribution in [3.05, 3.63) is 86.1 Å². The van der Waals surface area contributed by atoms with Crippen LogP contribution in [0.25, 0.3) is 11.0 Å². The number of imidazole rings is 1. The Morgan fingerprint density at radius 1 is 0.971 bits per heavy atom. The van der Waals surface area contributed by atoms with Gasteiger partial charge in [0.25, 0.3) is 11.8 Å². The lowest BCUT2D eigenvalue weighted by atomic mass is 10.1. The average Bonchev–Trinajstić information content (AvgIpc) is 3.19. The molecular weight excluding hydrogens is 499 g/mol. The number of carbonyl (C=O) groups is 2. The highest BCUT2D eigenvalue weighted by atomic mass is 35.5. The van der Waals surface area contributed by atoms with Crippen LogP contribution in [0.1, 0.15) is 32.1 Å². The molecule has 10 heteroatoms. The Morgan fingerprint density at radius 3 is 2.35 bits per heavy atom. The summed E-state index contributed by atoms with van der Waals surface area (Å²) in [4.78, 5) is 33.8. The fourth-order valence-electron chi connectivity index (χ4n) is 3.46. The Kier molecular flexibility index (Phi) is 7.09. The van der Waals surface area contributed by atoms with Gasteiger partial charge in [-0.05, 0) is 48.9 Å². The van der Waals surface area contributed by atoms with Gasteiger partial charge in [-0.25, -0.2) is 4.98 Å². The number of amides is 2. The number of ether oxygens (including phenoxy) is 1. The van der Waals surface area contributed by atoms with Gasteiger partial charge in [-0.1, -0.05) is 46.9 Å². The molecule has 3 N–H and O–H groups in total. The summed E-state index contributed by atoms with van der Waals surface area (Å²) in [6, 6.07) is 13.2. The number of fused-ring (bicyclic) bond motifs is 1. The number of hydrogen-bond donors (Lipinski definition) is 3. The second kappa shape index (κ2) is 10.0. The van der Waals surface area contributed by atoms with E-state index in [1.165, 1.54) is 6.07 Å². The molecule has 0 radical (unpaired) electrons. The zero-order valence-electron chi connectivity index (χ0n) is 18.1. The van der Waals surface area contributed by atoms with Crippen molar-refractivity contribution in [2.24, 2.45) is 0 Å². The number of carbonyl (C=O) groups excluding carboxylic acids is 2. The summed E-state index contributed by atoms with van der Waals surface area (Å²) in [7, 11) is 1.54. The molecule has 0 unspecified atom stereocenters. The Balaban J connectivity index is 1.75. The van der Waals surface area contributed by atoms with Gasteiger partial charge in [0.1, 0.15) is 17.9 Å². The Hall–Kier alpha value is -3.10. The van der Waals surface area contributed by atoms with Crippen LogP contribution in [0.3, 0.4) is 0 Å². The minimum Gasteiger partial charge on any atom is -0.377 e. The van der Waals surface area contributed by atoms with Crippen molar-refractivity contribution in [1.82, 2.24) is 9.97 Å². The van der Waals surface area contributed by atoms with Crippen LogP contribution in [-0.2, 0) is 11.3 Å². The van der Waals surface area contributed by atoms with E-state index in [0.29, 0.717) is 33.3 Å². The number of H-pyrrole nitrogens is 1. The van der Waals surface area contributed by atoms with Crippen LogP contribution in [0.15, 0.2) is 48.5 Å². The highest BCUT2D eigenvalue weighted by Gasteiger charge is 2.20. The zero-order chi connectivity index (χ0) is 24.4. The third kappa shape index (κ3) is 4.88. The third-order valence-electron chi connectivity index (χ3n) is 5.12. The molecule has 0 aliphatic rings. The van der Waals surface area contributed by atoms with Crippen LogP contribution in [0.2, 0.25) is 15.1 Å². The van der Waals surface area contributed by atoms with Crippen molar-refractivity contribution in [2.75, 3.05) is 17.7 Å². The molecule has 1 heterocycles. The lowest BCUT2D eigenvalue weighted by Gasteiger charge is -2.12. The summed E-state index contributed by atoms with van der Waals surface area (Å²) >= 11 is 18.5. The number of hydrogen-bond acceptors (Lipinski definition) is 4.